The van der Waals surface area contributed by atoms with Crippen molar-refractivity contribution in [2.24, 2.45) is 0 Å². The van der Waals surface area contributed by atoms with Gasteiger partial charge in [-0.3, -0.25) is 9.80 Å². The van der Waals surface area contributed by atoms with E-state index in [1.54, 1.807) is 0 Å². The number of cyclic esters (lactones) is 2. The summed E-state index contributed by atoms with van der Waals surface area (Å²) in [5, 5.41) is 11.2. The first-order valence-electron chi connectivity index (χ1n) is 10.3. The van der Waals surface area contributed by atoms with Crippen LogP contribution in [0.5, 0.6) is 0 Å². The number of ether oxygens (including phenoxy) is 7. The largest absolute Gasteiger partial charge is 0.467 e. The number of amides is 2. The van der Waals surface area contributed by atoms with Crippen molar-refractivity contribution < 1.29 is 57.4 Å². The summed E-state index contributed by atoms with van der Waals surface area (Å²) in [5.41, 5.74) is -5.77. The number of methoxy groups -OCH3 is 4. The second-order valence-corrected chi connectivity index (χ2v) is 8.80. The van der Waals surface area contributed by atoms with Crippen molar-refractivity contribution >= 4 is 24.1 Å². The molecule has 3 rings (SSSR count). The number of hydrogen-bond donors (Lipinski definition) is 1. The molecule has 1 N–H and O–H groups in total. The van der Waals surface area contributed by atoms with Gasteiger partial charge in [-0.1, -0.05) is 0 Å². The average Bonchev–Trinajstić information content (AvgIpc) is 3.28. The Morgan fingerprint density at radius 2 is 1.53 bits per heavy atom. The third-order valence-corrected chi connectivity index (χ3v) is 7.22. The lowest BCUT2D eigenvalue weighted by Gasteiger charge is -2.42. The van der Waals surface area contributed by atoms with Gasteiger partial charge in [0.1, 0.15) is 6.04 Å². The minimum atomic E-state index is -2.19. The summed E-state index contributed by atoms with van der Waals surface area (Å²) in [7, 11) is 4.65. The van der Waals surface area contributed by atoms with E-state index in [1.807, 2.05) is 0 Å². The molecule has 3 aliphatic heterocycles. The van der Waals surface area contributed by atoms with Crippen LogP contribution in [0.2, 0.25) is 0 Å². The third-order valence-electron chi connectivity index (χ3n) is 7.22. The number of esters is 2. The second-order valence-electron chi connectivity index (χ2n) is 8.80. The lowest BCUT2D eigenvalue weighted by atomic mass is 9.87. The molecule has 3 heterocycles. The van der Waals surface area contributed by atoms with Crippen LogP contribution in [0.3, 0.4) is 0 Å². The Labute approximate surface area is 195 Å². The number of carbonyl (C=O) groups excluding carboxylic acids is 4. The first kappa shape index (κ1) is 25.9. The fourth-order valence-corrected chi connectivity index (χ4v) is 4.70. The van der Waals surface area contributed by atoms with Crippen molar-refractivity contribution in [1.82, 2.24) is 9.80 Å². The van der Waals surface area contributed by atoms with Crippen molar-refractivity contribution in [1.29, 1.82) is 0 Å². The molecule has 2 amide bonds. The predicted octanol–water partition coefficient (Wildman–Crippen LogP) is -0.0856. The second kappa shape index (κ2) is 7.93. The van der Waals surface area contributed by atoms with E-state index in [2.05, 4.69) is 0 Å². The number of fused-ring (bicyclic) bond motifs is 1. The summed E-state index contributed by atoms with van der Waals surface area (Å²) in [6, 6.07) is -1.64. The van der Waals surface area contributed by atoms with Gasteiger partial charge in [0.05, 0.1) is 20.8 Å². The smallest absolute Gasteiger partial charge is 0.416 e. The van der Waals surface area contributed by atoms with Crippen LogP contribution < -0.4 is 0 Å². The first-order chi connectivity index (χ1) is 15.6. The Kier molecular flexibility index (Phi) is 6.05. The normalized spacial score (nSPS) is 40.0. The average molecular weight is 490 g/mol. The van der Waals surface area contributed by atoms with E-state index in [4.69, 9.17) is 33.2 Å². The molecule has 3 fully saturated rings. The Hall–Kier alpha value is -2.68. The SMILES string of the molecule is COC(=O)[C@H](C[C@@]1(C(=O)OC)CO[C@]2(C)N1C(=O)O[C@@]2(C)OC)N1C(=O)O[C@@](C)(OC)[C@]1(C)O. The fraction of sp³-hybridized carbons (Fsp3) is 0.800. The van der Waals surface area contributed by atoms with Crippen molar-refractivity contribution in [3.8, 4) is 0 Å². The van der Waals surface area contributed by atoms with Crippen molar-refractivity contribution in [3.63, 3.8) is 0 Å². The van der Waals surface area contributed by atoms with Crippen LogP contribution in [0.4, 0.5) is 9.59 Å². The van der Waals surface area contributed by atoms with Crippen molar-refractivity contribution in [2.45, 2.75) is 68.7 Å². The molecule has 0 spiro atoms. The Morgan fingerprint density at radius 1 is 0.971 bits per heavy atom. The number of carbonyl (C=O) groups is 4. The van der Waals surface area contributed by atoms with E-state index in [0.29, 0.717) is 4.90 Å². The zero-order chi connectivity index (χ0) is 25.9. The number of rotatable bonds is 7. The van der Waals surface area contributed by atoms with Gasteiger partial charge in [-0.05, 0) is 13.8 Å². The minimum Gasteiger partial charge on any atom is -0.467 e. The number of hydrogen-bond acceptors (Lipinski definition) is 12. The predicted molar refractivity (Wildman–Crippen MR) is 108 cm³/mol. The molecule has 34 heavy (non-hydrogen) atoms. The summed E-state index contributed by atoms with van der Waals surface area (Å²) in [6.45, 7) is 4.98. The van der Waals surface area contributed by atoms with E-state index in [0.717, 1.165) is 19.1 Å². The molecule has 14 heteroatoms. The zero-order valence-corrected chi connectivity index (χ0v) is 20.3. The van der Waals surface area contributed by atoms with Crippen molar-refractivity contribution in [3.05, 3.63) is 0 Å². The summed E-state index contributed by atoms with van der Waals surface area (Å²) >= 11 is 0. The molecule has 3 aliphatic rings. The van der Waals surface area contributed by atoms with Gasteiger partial charge in [-0.2, -0.15) is 0 Å². The van der Waals surface area contributed by atoms with Gasteiger partial charge in [0, 0.05) is 34.5 Å². The van der Waals surface area contributed by atoms with Gasteiger partial charge < -0.3 is 38.3 Å². The van der Waals surface area contributed by atoms with E-state index >= 15 is 0 Å². The molecule has 0 bridgehead atoms. The molecular weight excluding hydrogens is 460 g/mol. The third kappa shape index (κ3) is 3.08. The summed E-state index contributed by atoms with van der Waals surface area (Å²) in [4.78, 5) is 53.6. The van der Waals surface area contributed by atoms with Crippen LogP contribution in [0.1, 0.15) is 34.1 Å². The van der Waals surface area contributed by atoms with Gasteiger partial charge in [-0.15, -0.1) is 0 Å². The van der Waals surface area contributed by atoms with Crippen LogP contribution in [0.25, 0.3) is 0 Å². The molecule has 192 valence electrons. The summed E-state index contributed by atoms with van der Waals surface area (Å²) < 4.78 is 36.8. The Bertz CT molecular complexity index is 910. The molecular formula is C20H30N2O12. The van der Waals surface area contributed by atoms with E-state index in [-0.39, 0.29) is 0 Å². The molecule has 0 radical (unpaired) electrons. The van der Waals surface area contributed by atoms with E-state index in [9.17, 15) is 24.3 Å². The van der Waals surface area contributed by atoms with Crippen LogP contribution >= 0.6 is 0 Å². The first-order valence-corrected chi connectivity index (χ1v) is 10.3. The van der Waals surface area contributed by atoms with Crippen LogP contribution in [-0.4, -0.2) is 109 Å². The zero-order valence-electron chi connectivity index (χ0n) is 20.3. The molecule has 0 unspecified atom stereocenters. The van der Waals surface area contributed by atoms with Crippen molar-refractivity contribution in [2.75, 3.05) is 35.0 Å². The Balaban J connectivity index is 2.14. The molecule has 6 atom stereocenters. The highest BCUT2D eigenvalue weighted by molar-refractivity contribution is 5.90. The fourth-order valence-electron chi connectivity index (χ4n) is 4.70. The number of nitrogens with zero attached hydrogens (tertiary/aromatic N) is 2. The molecule has 0 aromatic rings. The van der Waals surface area contributed by atoms with Crippen LogP contribution in [0, 0.1) is 0 Å². The van der Waals surface area contributed by atoms with E-state index in [1.165, 1.54) is 41.9 Å². The lowest BCUT2D eigenvalue weighted by molar-refractivity contribution is -0.265. The summed E-state index contributed by atoms with van der Waals surface area (Å²) in [6.07, 6.45) is -2.69. The maximum atomic E-state index is 13.2. The highest BCUT2D eigenvalue weighted by atomic mass is 16.8. The van der Waals surface area contributed by atoms with Gasteiger partial charge >= 0.3 is 24.1 Å². The van der Waals surface area contributed by atoms with Gasteiger partial charge in [0.15, 0.2) is 5.54 Å². The highest BCUT2D eigenvalue weighted by Crippen LogP contribution is 2.52. The molecule has 0 saturated carbocycles. The minimum absolute atomic E-state index is 0.440. The summed E-state index contributed by atoms with van der Waals surface area (Å²) in [5.74, 6) is -5.44. The molecule has 0 aromatic heterocycles. The molecule has 3 saturated heterocycles. The number of aliphatic hydroxyl groups is 1. The molecule has 0 aromatic carbocycles. The van der Waals surface area contributed by atoms with Gasteiger partial charge in [0.2, 0.25) is 11.4 Å². The maximum Gasteiger partial charge on any atom is 0.416 e. The monoisotopic (exact) mass is 490 g/mol. The van der Waals surface area contributed by atoms with Gasteiger partial charge in [-0.25, -0.2) is 19.2 Å². The van der Waals surface area contributed by atoms with Crippen LogP contribution in [-0.2, 0) is 42.7 Å². The highest BCUT2D eigenvalue weighted by Gasteiger charge is 2.75. The quantitative estimate of drug-likeness (QED) is 0.374. The lowest BCUT2D eigenvalue weighted by Crippen LogP contribution is -2.66. The van der Waals surface area contributed by atoms with Crippen LogP contribution in [0.15, 0.2) is 0 Å². The van der Waals surface area contributed by atoms with Gasteiger partial charge in [0.25, 0.3) is 11.6 Å². The molecule has 0 aliphatic carbocycles. The standard InChI is InChI=1S/C20H30N2O12/c1-16(27)18(3,30-7)33-14(25)21(16)11(12(23)28-5)9-20(13(24)29-6)10-32-17(2)19(4,31-8)34-15(26)22(17)20/h11,27H,9-10H2,1-8H3/t11-,16-,17-,18+,19+,20-/m0/s1. The topological polar surface area (TPSA) is 160 Å². The van der Waals surface area contributed by atoms with E-state index < -0.39 is 71.8 Å². The Morgan fingerprint density at radius 3 is 2.00 bits per heavy atom. The molecule has 14 nitrogen and oxygen atoms in total. The maximum absolute atomic E-state index is 13.2.